The van der Waals surface area contributed by atoms with Crippen molar-refractivity contribution < 1.29 is 17.9 Å². The van der Waals surface area contributed by atoms with Crippen LogP contribution >= 0.6 is 23.1 Å². The largest absolute Gasteiger partial charge is 0.492 e. The zero-order chi connectivity index (χ0) is 19.3. The summed E-state index contributed by atoms with van der Waals surface area (Å²) >= 11 is 3.03. The Kier molecular flexibility index (Phi) is 6.80. The molecule has 3 rings (SSSR count). The van der Waals surface area contributed by atoms with Gasteiger partial charge in [0, 0.05) is 18.8 Å². The molecule has 1 saturated heterocycles. The van der Waals surface area contributed by atoms with Crippen LogP contribution in [0.5, 0.6) is 5.75 Å². The first-order valence-corrected chi connectivity index (χ1v) is 12.0. The van der Waals surface area contributed by atoms with Gasteiger partial charge in [-0.1, -0.05) is 6.07 Å². The number of thioether (sulfide) groups is 1. The number of rotatable bonds is 8. The summed E-state index contributed by atoms with van der Waals surface area (Å²) in [6.45, 7) is 3.21. The molecule has 0 radical (unpaired) electrons. The van der Waals surface area contributed by atoms with E-state index < -0.39 is 10.0 Å². The molecule has 2 heterocycles. The van der Waals surface area contributed by atoms with Crippen LogP contribution in [-0.4, -0.2) is 44.1 Å². The van der Waals surface area contributed by atoms with Crippen LogP contribution in [-0.2, 0) is 14.8 Å². The Morgan fingerprint density at radius 1 is 1.30 bits per heavy atom. The number of hydrogen-bond donors (Lipinski definition) is 1. The van der Waals surface area contributed by atoms with E-state index in [2.05, 4.69) is 5.32 Å². The minimum absolute atomic E-state index is 0.106. The summed E-state index contributed by atoms with van der Waals surface area (Å²) in [5.74, 6) is 0.402. The van der Waals surface area contributed by atoms with Crippen LogP contribution in [0, 0.1) is 0 Å². The van der Waals surface area contributed by atoms with E-state index in [1.54, 1.807) is 23.5 Å². The van der Waals surface area contributed by atoms with E-state index in [0.29, 0.717) is 31.1 Å². The molecule has 6 nitrogen and oxygen atoms in total. The van der Waals surface area contributed by atoms with E-state index >= 15 is 0 Å². The molecule has 1 aromatic heterocycles. The van der Waals surface area contributed by atoms with Gasteiger partial charge in [-0.2, -0.15) is 4.31 Å². The first-order valence-electron chi connectivity index (χ1n) is 8.74. The third-order valence-electron chi connectivity index (χ3n) is 4.05. The monoisotopic (exact) mass is 426 g/mol. The van der Waals surface area contributed by atoms with Gasteiger partial charge in [-0.15, -0.1) is 23.1 Å². The lowest BCUT2D eigenvalue weighted by Crippen LogP contribution is -2.28. The Bertz CT molecular complexity index is 876. The first-order chi connectivity index (χ1) is 13.0. The van der Waals surface area contributed by atoms with Gasteiger partial charge >= 0.3 is 0 Å². The van der Waals surface area contributed by atoms with Crippen LogP contribution < -0.4 is 10.1 Å². The lowest BCUT2D eigenvalue weighted by molar-refractivity contribution is -0.113. The molecule has 1 amide bonds. The molecule has 1 aliphatic rings. The molecule has 1 N–H and O–H groups in total. The lowest BCUT2D eigenvalue weighted by Gasteiger charge is -2.19. The van der Waals surface area contributed by atoms with E-state index in [9.17, 15) is 13.2 Å². The molecule has 146 valence electrons. The van der Waals surface area contributed by atoms with E-state index in [0.717, 1.165) is 17.1 Å². The number of anilines is 1. The number of nitrogens with zero attached hydrogens (tertiary/aromatic N) is 1. The summed E-state index contributed by atoms with van der Waals surface area (Å²) in [4.78, 5) is 12.3. The molecule has 0 atom stereocenters. The molecule has 0 saturated carbocycles. The number of amides is 1. The Labute approximate surface area is 168 Å². The molecule has 1 aliphatic heterocycles. The van der Waals surface area contributed by atoms with E-state index in [1.165, 1.54) is 22.1 Å². The van der Waals surface area contributed by atoms with Crippen LogP contribution in [0.1, 0.15) is 19.8 Å². The average Bonchev–Trinajstić information content (AvgIpc) is 3.35. The smallest absolute Gasteiger partial charge is 0.246 e. The van der Waals surface area contributed by atoms with Crippen LogP contribution in [0.15, 0.2) is 44.8 Å². The molecule has 27 heavy (non-hydrogen) atoms. The first kappa shape index (κ1) is 20.2. The number of hydrogen-bond acceptors (Lipinski definition) is 6. The number of nitrogens with one attached hydrogen (secondary N) is 1. The van der Waals surface area contributed by atoms with Gasteiger partial charge in [0.1, 0.15) is 10.6 Å². The predicted molar refractivity (Wildman–Crippen MR) is 109 cm³/mol. The summed E-state index contributed by atoms with van der Waals surface area (Å²) in [7, 11) is -3.64. The van der Waals surface area contributed by atoms with Crippen LogP contribution in [0.2, 0.25) is 0 Å². The number of thiophene rings is 1. The molecular formula is C18H22N2O4S3. The average molecular weight is 427 g/mol. The second-order valence-corrected chi connectivity index (χ2v) is 10.1. The maximum Gasteiger partial charge on any atom is 0.246 e. The Morgan fingerprint density at radius 3 is 2.74 bits per heavy atom. The van der Waals surface area contributed by atoms with Crippen molar-refractivity contribution in [3.05, 3.63) is 35.7 Å². The Balaban J connectivity index is 1.77. The summed E-state index contributed by atoms with van der Waals surface area (Å²) < 4.78 is 34.0. The molecule has 0 aliphatic carbocycles. The number of sulfonamides is 1. The lowest BCUT2D eigenvalue weighted by atomic mass is 10.3. The van der Waals surface area contributed by atoms with Crippen LogP contribution in [0.4, 0.5) is 5.69 Å². The topological polar surface area (TPSA) is 75.7 Å². The van der Waals surface area contributed by atoms with Crippen molar-refractivity contribution >= 4 is 44.7 Å². The molecule has 0 spiro atoms. The summed E-state index contributed by atoms with van der Waals surface area (Å²) in [6.07, 6.45) is 1.72. The summed E-state index contributed by atoms with van der Waals surface area (Å²) in [5.41, 5.74) is 0.452. The molecular weight excluding hydrogens is 404 g/mol. The summed E-state index contributed by atoms with van der Waals surface area (Å²) in [5, 5.41) is 4.74. The maximum atomic E-state index is 13.0. The minimum Gasteiger partial charge on any atom is -0.492 e. The number of carbonyl (C=O) groups is 1. The highest BCUT2D eigenvalue weighted by Crippen LogP contribution is 2.32. The van der Waals surface area contributed by atoms with Crippen molar-refractivity contribution in [2.24, 2.45) is 0 Å². The zero-order valence-corrected chi connectivity index (χ0v) is 17.5. The van der Waals surface area contributed by atoms with Gasteiger partial charge in [-0.25, -0.2) is 8.42 Å². The van der Waals surface area contributed by atoms with Crippen LogP contribution in [0.25, 0.3) is 0 Å². The molecule has 1 fully saturated rings. The SMILES string of the molecule is CCOc1ccc(NC(=O)CSc2cccs2)cc1S(=O)(=O)N1CCCC1. The Hall–Kier alpha value is -1.55. The van der Waals surface area contributed by atoms with Crippen molar-refractivity contribution in [3.8, 4) is 5.75 Å². The van der Waals surface area contributed by atoms with Crippen LogP contribution in [0.3, 0.4) is 0 Å². The quantitative estimate of drug-likeness (QED) is 0.652. The van der Waals surface area contributed by atoms with Gasteiger partial charge in [0.25, 0.3) is 0 Å². The highest BCUT2D eigenvalue weighted by molar-refractivity contribution is 8.01. The fourth-order valence-electron chi connectivity index (χ4n) is 2.81. The van der Waals surface area contributed by atoms with Crippen molar-refractivity contribution in [1.82, 2.24) is 4.31 Å². The van der Waals surface area contributed by atoms with Gasteiger partial charge < -0.3 is 10.1 Å². The molecule has 1 aromatic carbocycles. The second-order valence-electron chi connectivity index (χ2n) is 5.97. The van der Waals surface area contributed by atoms with E-state index in [-0.39, 0.29) is 16.6 Å². The van der Waals surface area contributed by atoms with Gasteiger partial charge in [-0.05, 0) is 49.4 Å². The van der Waals surface area contributed by atoms with Gasteiger partial charge in [-0.3, -0.25) is 4.79 Å². The van der Waals surface area contributed by atoms with E-state index in [1.807, 2.05) is 24.4 Å². The maximum absolute atomic E-state index is 13.0. The normalized spacial score (nSPS) is 15.0. The van der Waals surface area contributed by atoms with Gasteiger partial charge in [0.05, 0.1) is 16.6 Å². The Morgan fingerprint density at radius 2 is 2.07 bits per heavy atom. The number of benzene rings is 1. The van der Waals surface area contributed by atoms with Crippen molar-refractivity contribution in [2.45, 2.75) is 28.9 Å². The molecule has 2 aromatic rings. The van der Waals surface area contributed by atoms with Crippen molar-refractivity contribution in [2.75, 3.05) is 30.8 Å². The highest BCUT2D eigenvalue weighted by Gasteiger charge is 2.30. The predicted octanol–water partition coefficient (Wildman–Crippen LogP) is 3.66. The standard InChI is InChI=1S/C18H22N2O4S3/c1-2-24-15-8-7-14(19-17(21)13-26-18-6-5-11-25-18)12-16(15)27(22,23)20-9-3-4-10-20/h5-8,11-12H,2-4,9-10,13H2,1H3,(H,19,21). The highest BCUT2D eigenvalue weighted by atomic mass is 32.2. The van der Waals surface area contributed by atoms with Gasteiger partial charge in [0.15, 0.2) is 0 Å². The van der Waals surface area contributed by atoms with Crippen molar-refractivity contribution in [1.29, 1.82) is 0 Å². The molecule has 0 bridgehead atoms. The third-order valence-corrected chi connectivity index (χ3v) is 8.10. The second kappa shape index (κ2) is 9.09. The fraction of sp³-hybridized carbons (Fsp3) is 0.389. The van der Waals surface area contributed by atoms with Crippen molar-refractivity contribution in [3.63, 3.8) is 0 Å². The van der Waals surface area contributed by atoms with E-state index in [4.69, 9.17) is 4.74 Å². The number of carbonyl (C=O) groups excluding carboxylic acids is 1. The fourth-order valence-corrected chi connectivity index (χ4v) is 6.07. The minimum atomic E-state index is -3.64. The zero-order valence-electron chi connectivity index (χ0n) is 15.0. The van der Waals surface area contributed by atoms with Gasteiger partial charge in [0.2, 0.25) is 15.9 Å². The third kappa shape index (κ3) is 5.04. The molecule has 9 heteroatoms. The summed E-state index contributed by atoms with van der Waals surface area (Å²) in [6, 6.07) is 8.66. The molecule has 0 unspecified atom stereocenters. The number of ether oxygens (including phenoxy) is 1.